The summed E-state index contributed by atoms with van der Waals surface area (Å²) in [5.41, 5.74) is -0.291. The molecule has 1 aromatic rings. The molecule has 2 aliphatic heterocycles. The number of aromatic nitrogens is 2. The topological polar surface area (TPSA) is 53.4 Å². The number of nitrogens with one attached hydrogen (secondary N) is 1. The predicted molar refractivity (Wildman–Crippen MR) is 89.9 cm³/mol. The van der Waals surface area contributed by atoms with Gasteiger partial charge >= 0.3 is 0 Å². The molecule has 0 radical (unpaired) electrons. The molecule has 2 fully saturated rings. The van der Waals surface area contributed by atoms with Crippen molar-refractivity contribution in [1.29, 1.82) is 0 Å². The molecular formula is C17H29N5O. The fourth-order valence-corrected chi connectivity index (χ4v) is 3.91. The number of nitrogens with zero attached hydrogens (tertiary/aromatic N) is 4. The van der Waals surface area contributed by atoms with Crippen LogP contribution in [0.2, 0.25) is 0 Å². The second kappa shape index (κ2) is 6.61. The maximum Gasteiger partial charge on any atom is 0.240 e. The van der Waals surface area contributed by atoms with E-state index in [-0.39, 0.29) is 11.4 Å². The number of piperazine rings is 1. The highest BCUT2D eigenvalue weighted by Gasteiger charge is 2.47. The zero-order valence-corrected chi connectivity index (χ0v) is 14.6. The standard InChI is InChI=1S/C17H29N5O/c1-14(2)12-22-11-7-19-16(23)17(22)4-8-21(9-5-17)13-15-18-6-10-20(15)3/h6,10,14H,4-5,7-9,11-13H2,1-3H3,(H,19,23). The first-order chi connectivity index (χ1) is 11.0. The van der Waals surface area contributed by atoms with Crippen LogP contribution in [0.3, 0.4) is 0 Å². The van der Waals surface area contributed by atoms with E-state index < -0.39 is 0 Å². The summed E-state index contributed by atoms with van der Waals surface area (Å²) >= 11 is 0. The lowest BCUT2D eigenvalue weighted by Gasteiger charge is -2.50. The molecule has 6 nitrogen and oxygen atoms in total. The van der Waals surface area contributed by atoms with Crippen LogP contribution >= 0.6 is 0 Å². The molecule has 0 saturated carbocycles. The van der Waals surface area contributed by atoms with Gasteiger partial charge in [-0.3, -0.25) is 14.6 Å². The first-order valence-electron chi connectivity index (χ1n) is 8.73. The molecule has 0 aromatic carbocycles. The van der Waals surface area contributed by atoms with E-state index in [2.05, 4.69) is 38.5 Å². The minimum atomic E-state index is -0.291. The Labute approximate surface area is 138 Å². The second-order valence-corrected chi connectivity index (χ2v) is 7.36. The van der Waals surface area contributed by atoms with Crippen LogP contribution in [0.4, 0.5) is 0 Å². The largest absolute Gasteiger partial charge is 0.353 e. The molecule has 23 heavy (non-hydrogen) atoms. The van der Waals surface area contributed by atoms with Gasteiger partial charge in [-0.1, -0.05) is 13.8 Å². The molecule has 2 aliphatic rings. The zero-order valence-electron chi connectivity index (χ0n) is 14.6. The van der Waals surface area contributed by atoms with Gasteiger partial charge in [0.2, 0.25) is 5.91 Å². The molecule has 0 aliphatic carbocycles. The van der Waals surface area contributed by atoms with Gasteiger partial charge in [-0.05, 0) is 18.8 Å². The van der Waals surface area contributed by atoms with Crippen LogP contribution in [0, 0.1) is 5.92 Å². The fourth-order valence-electron chi connectivity index (χ4n) is 3.91. The first-order valence-corrected chi connectivity index (χ1v) is 8.73. The molecule has 1 amide bonds. The molecule has 0 atom stereocenters. The number of amides is 1. The van der Waals surface area contributed by atoms with Crippen LogP contribution < -0.4 is 5.32 Å². The number of rotatable bonds is 4. The van der Waals surface area contributed by atoms with E-state index in [1.807, 2.05) is 19.4 Å². The number of piperidine rings is 1. The van der Waals surface area contributed by atoms with Crippen molar-refractivity contribution in [3.63, 3.8) is 0 Å². The SMILES string of the molecule is CC(C)CN1CCNC(=O)C12CCN(Cc1nccn1C)CC2. The Morgan fingerprint density at radius 2 is 2.04 bits per heavy atom. The molecule has 6 heteroatoms. The Kier molecular flexibility index (Phi) is 4.73. The lowest BCUT2D eigenvalue weighted by molar-refractivity contribution is -0.142. The minimum absolute atomic E-state index is 0.237. The van der Waals surface area contributed by atoms with Crippen molar-refractivity contribution in [2.75, 3.05) is 32.7 Å². The van der Waals surface area contributed by atoms with Gasteiger partial charge in [0.15, 0.2) is 0 Å². The van der Waals surface area contributed by atoms with Gasteiger partial charge in [0.1, 0.15) is 11.4 Å². The summed E-state index contributed by atoms with van der Waals surface area (Å²) in [6.07, 6.45) is 5.66. The molecule has 1 N–H and O–H groups in total. The molecule has 2 saturated heterocycles. The molecule has 128 valence electrons. The Morgan fingerprint density at radius 1 is 1.30 bits per heavy atom. The van der Waals surface area contributed by atoms with Crippen LogP contribution in [0.15, 0.2) is 12.4 Å². The zero-order chi connectivity index (χ0) is 16.4. The Morgan fingerprint density at radius 3 is 2.65 bits per heavy atom. The number of imidazole rings is 1. The van der Waals surface area contributed by atoms with Gasteiger partial charge in [0.05, 0.1) is 6.54 Å². The van der Waals surface area contributed by atoms with Crippen LogP contribution in [0.5, 0.6) is 0 Å². The van der Waals surface area contributed by atoms with E-state index in [0.717, 1.165) is 57.9 Å². The summed E-state index contributed by atoms with van der Waals surface area (Å²) in [6.45, 7) is 10.0. The van der Waals surface area contributed by atoms with Crippen LogP contribution in [-0.2, 0) is 18.4 Å². The average molecular weight is 319 g/mol. The average Bonchev–Trinajstić information content (AvgIpc) is 2.91. The van der Waals surface area contributed by atoms with E-state index in [4.69, 9.17) is 0 Å². The summed E-state index contributed by atoms with van der Waals surface area (Å²) in [5, 5.41) is 3.10. The summed E-state index contributed by atoms with van der Waals surface area (Å²) in [5.74, 6) is 1.91. The lowest BCUT2D eigenvalue weighted by Crippen LogP contribution is -2.68. The molecular weight excluding hydrogens is 290 g/mol. The summed E-state index contributed by atoms with van der Waals surface area (Å²) in [4.78, 5) is 21.9. The van der Waals surface area contributed by atoms with Gasteiger partial charge in [-0.15, -0.1) is 0 Å². The van der Waals surface area contributed by atoms with E-state index in [1.165, 1.54) is 0 Å². The number of carbonyl (C=O) groups is 1. The maximum absolute atomic E-state index is 12.7. The second-order valence-electron chi connectivity index (χ2n) is 7.36. The number of hydrogen-bond acceptors (Lipinski definition) is 4. The predicted octanol–water partition coefficient (Wildman–Crippen LogP) is 0.843. The number of carbonyl (C=O) groups excluding carboxylic acids is 1. The number of hydrogen-bond donors (Lipinski definition) is 1. The molecule has 3 rings (SSSR count). The smallest absolute Gasteiger partial charge is 0.240 e. The summed E-state index contributed by atoms with van der Waals surface area (Å²) in [7, 11) is 2.03. The van der Waals surface area contributed by atoms with Gasteiger partial charge in [-0.25, -0.2) is 4.98 Å². The Balaban J connectivity index is 1.67. The normalized spacial score (nSPS) is 22.7. The molecule has 3 heterocycles. The molecule has 0 bridgehead atoms. The van der Waals surface area contributed by atoms with E-state index in [0.29, 0.717) is 5.92 Å². The van der Waals surface area contributed by atoms with Crippen molar-refractivity contribution in [3.8, 4) is 0 Å². The molecule has 1 aromatic heterocycles. The highest BCUT2D eigenvalue weighted by Crippen LogP contribution is 2.32. The number of likely N-dealkylation sites (tertiary alicyclic amines) is 1. The maximum atomic E-state index is 12.7. The number of aryl methyl sites for hydroxylation is 1. The monoisotopic (exact) mass is 319 g/mol. The Bertz CT molecular complexity index is 545. The van der Waals surface area contributed by atoms with E-state index in [9.17, 15) is 4.79 Å². The fraction of sp³-hybridized carbons (Fsp3) is 0.765. The highest BCUT2D eigenvalue weighted by atomic mass is 16.2. The van der Waals surface area contributed by atoms with Crippen molar-refractivity contribution in [2.24, 2.45) is 13.0 Å². The van der Waals surface area contributed by atoms with Gasteiger partial charge < -0.3 is 9.88 Å². The van der Waals surface area contributed by atoms with Crippen LogP contribution in [0.1, 0.15) is 32.5 Å². The Hall–Kier alpha value is -1.40. The van der Waals surface area contributed by atoms with Crippen LogP contribution in [-0.4, -0.2) is 63.5 Å². The third-order valence-electron chi connectivity index (χ3n) is 5.25. The van der Waals surface area contributed by atoms with Gasteiger partial charge in [-0.2, -0.15) is 0 Å². The van der Waals surface area contributed by atoms with Gasteiger partial charge in [0, 0.05) is 52.2 Å². The van der Waals surface area contributed by atoms with Gasteiger partial charge in [0.25, 0.3) is 0 Å². The summed E-state index contributed by atoms with van der Waals surface area (Å²) in [6, 6.07) is 0. The van der Waals surface area contributed by atoms with Crippen molar-refractivity contribution in [1.82, 2.24) is 24.7 Å². The summed E-state index contributed by atoms with van der Waals surface area (Å²) < 4.78 is 2.07. The molecule has 1 spiro atoms. The van der Waals surface area contributed by atoms with Crippen molar-refractivity contribution in [2.45, 2.75) is 38.8 Å². The van der Waals surface area contributed by atoms with E-state index >= 15 is 0 Å². The minimum Gasteiger partial charge on any atom is -0.353 e. The lowest BCUT2D eigenvalue weighted by atomic mass is 9.82. The van der Waals surface area contributed by atoms with Crippen molar-refractivity contribution in [3.05, 3.63) is 18.2 Å². The van der Waals surface area contributed by atoms with Crippen LogP contribution in [0.25, 0.3) is 0 Å². The highest BCUT2D eigenvalue weighted by molar-refractivity contribution is 5.87. The quantitative estimate of drug-likeness (QED) is 0.894. The first kappa shape index (κ1) is 16.5. The third kappa shape index (κ3) is 3.28. The molecule has 0 unspecified atom stereocenters. The van der Waals surface area contributed by atoms with Crippen molar-refractivity contribution < 1.29 is 4.79 Å². The van der Waals surface area contributed by atoms with E-state index in [1.54, 1.807) is 0 Å². The third-order valence-corrected chi connectivity index (χ3v) is 5.25. The van der Waals surface area contributed by atoms with Crippen molar-refractivity contribution >= 4 is 5.91 Å².